The Kier molecular flexibility index (Phi) is 5.08. The Morgan fingerprint density at radius 3 is 1.61 bits per heavy atom. The molecule has 0 atom stereocenters. The van der Waals surface area contributed by atoms with Crippen LogP contribution in [0.25, 0.3) is 0 Å². The zero-order valence-corrected chi connectivity index (χ0v) is 10.4. The first kappa shape index (κ1) is 13.9. The van der Waals surface area contributed by atoms with Gasteiger partial charge in [-0.2, -0.15) is 0 Å². The number of carbonyl (C=O) groups is 1. The molecule has 0 heterocycles. The third kappa shape index (κ3) is 3.43. The standard InChI is InChI=1S/C15H14O2.H3N/c16-15(17)11-14(12-7-3-1-4-8-12)13-9-5-2-6-10-13;/h1-10,14H,11H2,(H,16,17);1H3. The average Bonchev–Trinajstić information content (AvgIpc) is 2.38. The molecule has 94 valence electrons. The Morgan fingerprint density at radius 2 is 1.28 bits per heavy atom. The van der Waals surface area contributed by atoms with E-state index in [2.05, 4.69) is 0 Å². The molecule has 0 bridgehead atoms. The fourth-order valence-corrected chi connectivity index (χ4v) is 1.97. The van der Waals surface area contributed by atoms with Gasteiger partial charge in [0.2, 0.25) is 0 Å². The molecule has 0 aromatic heterocycles. The molecule has 0 aliphatic heterocycles. The summed E-state index contributed by atoms with van der Waals surface area (Å²) in [6.07, 6.45) is 0.00796. The van der Waals surface area contributed by atoms with Crippen molar-refractivity contribution in [3.8, 4) is 0 Å². The topological polar surface area (TPSA) is 76.6 Å². The van der Waals surface area contributed by atoms with E-state index in [0.29, 0.717) is 0 Å². The van der Waals surface area contributed by atoms with Crippen molar-refractivity contribution in [2.75, 3.05) is 0 Å². The van der Waals surface area contributed by atoms with Crippen LogP contribution in [0.5, 0.6) is 0 Å². The lowest BCUT2D eigenvalue weighted by molar-refractivity contribution is -0.305. The zero-order valence-electron chi connectivity index (χ0n) is 10.4. The molecule has 3 nitrogen and oxygen atoms in total. The van der Waals surface area contributed by atoms with Crippen molar-refractivity contribution < 1.29 is 9.90 Å². The average molecular weight is 243 g/mol. The quantitative estimate of drug-likeness (QED) is 0.894. The van der Waals surface area contributed by atoms with Gasteiger partial charge in [0, 0.05) is 11.9 Å². The number of rotatable bonds is 4. The second kappa shape index (κ2) is 6.57. The van der Waals surface area contributed by atoms with Crippen LogP contribution in [-0.2, 0) is 4.79 Å². The van der Waals surface area contributed by atoms with Crippen LogP contribution < -0.4 is 11.3 Å². The molecule has 0 saturated carbocycles. The molecule has 0 unspecified atom stereocenters. The summed E-state index contributed by atoms with van der Waals surface area (Å²) in [4.78, 5) is 10.8. The number of aliphatic carboxylic acids is 1. The van der Waals surface area contributed by atoms with E-state index in [-0.39, 0.29) is 18.5 Å². The molecule has 0 radical (unpaired) electrons. The highest BCUT2D eigenvalue weighted by atomic mass is 16.4. The minimum Gasteiger partial charge on any atom is -0.550 e. The maximum absolute atomic E-state index is 10.8. The van der Waals surface area contributed by atoms with Crippen molar-refractivity contribution in [3.63, 3.8) is 0 Å². The molecule has 0 amide bonds. The van der Waals surface area contributed by atoms with E-state index in [0.717, 1.165) is 11.1 Å². The number of carboxylic acid groups (broad SMARTS) is 1. The van der Waals surface area contributed by atoms with Crippen molar-refractivity contribution in [3.05, 3.63) is 71.8 Å². The molecule has 0 aliphatic carbocycles. The van der Waals surface area contributed by atoms with Gasteiger partial charge in [-0.1, -0.05) is 60.7 Å². The van der Waals surface area contributed by atoms with E-state index < -0.39 is 5.97 Å². The lowest BCUT2D eigenvalue weighted by atomic mass is 9.89. The van der Waals surface area contributed by atoms with Gasteiger partial charge >= 0.3 is 0 Å². The summed E-state index contributed by atoms with van der Waals surface area (Å²) >= 11 is 0. The number of quaternary nitrogens is 1. The van der Waals surface area contributed by atoms with Crippen molar-refractivity contribution in [2.24, 2.45) is 0 Å². The smallest absolute Gasteiger partial charge is 0.0423 e. The number of carbonyl (C=O) groups excluding carboxylic acids is 1. The van der Waals surface area contributed by atoms with Crippen LogP contribution in [0, 0.1) is 0 Å². The maximum Gasteiger partial charge on any atom is 0.0423 e. The van der Waals surface area contributed by atoms with Crippen LogP contribution >= 0.6 is 0 Å². The molecule has 18 heavy (non-hydrogen) atoms. The molecule has 0 spiro atoms. The molecular formula is C15H17NO2. The maximum atomic E-state index is 10.8. The predicted molar refractivity (Wildman–Crippen MR) is 70.3 cm³/mol. The van der Waals surface area contributed by atoms with Crippen molar-refractivity contribution in [1.29, 1.82) is 0 Å². The molecule has 2 aromatic carbocycles. The number of hydrogen-bond acceptors (Lipinski definition) is 2. The first-order valence-electron chi connectivity index (χ1n) is 5.57. The van der Waals surface area contributed by atoms with Crippen molar-refractivity contribution in [2.45, 2.75) is 12.3 Å². The van der Waals surface area contributed by atoms with Crippen LogP contribution in [0.2, 0.25) is 0 Å². The highest BCUT2D eigenvalue weighted by molar-refractivity contribution is 5.66. The lowest BCUT2D eigenvalue weighted by Gasteiger charge is -2.18. The lowest BCUT2D eigenvalue weighted by Crippen LogP contribution is -2.24. The Labute approximate surface area is 107 Å². The molecule has 4 N–H and O–H groups in total. The van der Waals surface area contributed by atoms with E-state index in [9.17, 15) is 9.90 Å². The normalized spacial score (nSPS) is 9.83. The van der Waals surface area contributed by atoms with Crippen molar-refractivity contribution in [1.82, 2.24) is 6.15 Å². The van der Waals surface area contributed by atoms with Crippen LogP contribution in [0.4, 0.5) is 0 Å². The van der Waals surface area contributed by atoms with Gasteiger partial charge in [-0.15, -0.1) is 0 Å². The van der Waals surface area contributed by atoms with Gasteiger partial charge in [-0.25, -0.2) is 0 Å². The van der Waals surface area contributed by atoms with E-state index in [4.69, 9.17) is 0 Å². The SMILES string of the molecule is O=C([O-])CC(c1ccccc1)c1ccccc1.[NH4+]. The third-order valence-corrected chi connectivity index (χ3v) is 2.77. The molecular weight excluding hydrogens is 226 g/mol. The van der Waals surface area contributed by atoms with Crippen LogP contribution in [0.3, 0.4) is 0 Å². The minimum atomic E-state index is -1.03. The van der Waals surface area contributed by atoms with E-state index in [1.807, 2.05) is 60.7 Å². The zero-order chi connectivity index (χ0) is 12.1. The summed E-state index contributed by atoms with van der Waals surface area (Å²) in [5.41, 5.74) is 2.01. The van der Waals surface area contributed by atoms with Gasteiger partial charge in [-0.05, 0) is 17.5 Å². The van der Waals surface area contributed by atoms with Gasteiger partial charge in [-0.3, -0.25) is 0 Å². The Morgan fingerprint density at radius 1 is 0.889 bits per heavy atom. The summed E-state index contributed by atoms with van der Waals surface area (Å²) in [6, 6.07) is 19.3. The fraction of sp³-hybridized carbons (Fsp3) is 0.133. The number of carboxylic acids is 1. The molecule has 2 aromatic rings. The summed E-state index contributed by atoms with van der Waals surface area (Å²) < 4.78 is 0. The minimum absolute atomic E-state index is 0. The summed E-state index contributed by atoms with van der Waals surface area (Å²) in [7, 11) is 0. The first-order chi connectivity index (χ1) is 8.27. The largest absolute Gasteiger partial charge is 0.550 e. The predicted octanol–water partition coefficient (Wildman–Crippen LogP) is 2.33. The summed E-state index contributed by atoms with van der Waals surface area (Å²) in [6.45, 7) is 0. The Bertz CT molecular complexity index is 443. The van der Waals surface area contributed by atoms with E-state index in [1.165, 1.54) is 0 Å². The van der Waals surface area contributed by atoms with Gasteiger partial charge in [0.25, 0.3) is 0 Å². The highest BCUT2D eigenvalue weighted by Crippen LogP contribution is 2.27. The summed E-state index contributed by atoms with van der Waals surface area (Å²) in [5, 5.41) is 10.8. The van der Waals surface area contributed by atoms with Crippen LogP contribution in [0.15, 0.2) is 60.7 Å². The Balaban J connectivity index is 0.00000162. The summed E-state index contributed by atoms with van der Waals surface area (Å²) in [5.74, 6) is -1.16. The second-order valence-electron chi connectivity index (χ2n) is 3.95. The van der Waals surface area contributed by atoms with Crippen LogP contribution in [-0.4, -0.2) is 5.97 Å². The number of benzene rings is 2. The number of hydrogen-bond donors (Lipinski definition) is 1. The van der Waals surface area contributed by atoms with E-state index >= 15 is 0 Å². The third-order valence-electron chi connectivity index (χ3n) is 2.77. The van der Waals surface area contributed by atoms with Crippen molar-refractivity contribution >= 4 is 5.97 Å². The molecule has 0 saturated heterocycles. The second-order valence-corrected chi connectivity index (χ2v) is 3.95. The van der Waals surface area contributed by atoms with Gasteiger partial charge in [0.1, 0.15) is 0 Å². The molecule has 0 fully saturated rings. The molecule has 2 rings (SSSR count). The van der Waals surface area contributed by atoms with E-state index in [1.54, 1.807) is 0 Å². The fourth-order valence-electron chi connectivity index (χ4n) is 1.97. The Hall–Kier alpha value is -2.13. The van der Waals surface area contributed by atoms with Gasteiger partial charge in [0.15, 0.2) is 0 Å². The highest BCUT2D eigenvalue weighted by Gasteiger charge is 2.13. The van der Waals surface area contributed by atoms with Crippen LogP contribution in [0.1, 0.15) is 23.5 Å². The van der Waals surface area contributed by atoms with Gasteiger partial charge in [0.05, 0.1) is 0 Å². The molecule has 0 aliphatic rings. The first-order valence-corrected chi connectivity index (χ1v) is 5.57. The molecule has 3 heteroatoms. The van der Waals surface area contributed by atoms with Gasteiger partial charge < -0.3 is 16.1 Å². The monoisotopic (exact) mass is 243 g/mol.